The lowest BCUT2D eigenvalue weighted by Gasteiger charge is -2.17. The number of benzene rings is 2. The number of carbonyl (C=O) groups is 2. The number of hydrogen-bond acceptors (Lipinski definition) is 8. The fraction of sp³-hybridized carbons (Fsp3) is 0.269. The van der Waals surface area contributed by atoms with Gasteiger partial charge in [-0.15, -0.1) is 0 Å². The number of nitrogens with one attached hydrogen (secondary N) is 2. The van der Waals surface area contributed by atoms with Crippen molar-refractivity contribution in [1.29, 1.82) is 0 Å². The second kappa shape index (κ2) is 12.1. The number of methoxy groups -OCH3 is 1. The topological polar surface area (TPSA) is 137 Å². The molecule has 0 saturated carbocycles. The fourth-order valence-corrected chi connectivity index (χ4v) is 4.14. The number of halogens is 3. The number of nitrogens with zero attached hydrogens (tertiary/aromatic N) is 3. The molecule has 0 aliphatic carbocycles. The molecule has 40 heavy (non-hydrogen) atoms. The van der Waals surface area contributed by atoms with Crippen LogP contribution >= 0.6 is 11.6 Å². The van der Waals surface area contributed by atoms with E-state index in [1.165, 1.54) is 38.3 Å². The van der Waals surface area contributed by atoms with Crippen molar-refractivity contribution in [1.82, 2.24) is 24.8 Å². The Morgan fingerprint density at radius 1 is 1.15 bits per heavy atom. The first kappa shape index (κ1) is 28.5. The third kappa shape index (κ3) is 5.73. The summed E-state index contributed by atoms with van der Waals surface area (Å²) in [6, 6.07) is 6.90. The van der Waals surface area contributed by atoms with Gasteiger partial charge in [-0.2, -0.15) is 0 Å². The van der Waals surface area contributed by atoms with E-state index >= 15 is 0 Å². The first-order valence-electron chi connectivity index (χ1n) is 11.9. The maximum absolute atomic E-state index is 14.6. The second-order valence-corrected chi connectivity index (χ2v) is 8.75. The van der Waals surface area contributed by atoms with Gasteiger partial charge < -0.3 is 24.5 Å². The predicted molar refractivity (Wildman–Crippen MR) is 141 cm³/mol. The molecule has 0 atom stereocenters. The van der Waals surface area contributed by atoms with Crippen LogP contribution in [0.2, 0.25) is 5.02 Å². The van der Waals surface area contributed by atoms with Gasteiger partial charge in [-0.1, -0.05) is 17.7 Å². The van der Waals surface area contributed by atoms with Crippen molar-refractivity contribution in [3.8, 4) is 22.9 Å². The molecule has 2 aromatic carbocycles. The molecule has 0 saturated heterocycles. The van der Waals surface area contributed by atoms with Crippen molar-refractivity contribution >= 4 is 34.5 Å². The first-order valence-corrected chi connectivity index (χ1v) is 12.3. The highest BCUT2D eigenvalue weighted by Crippen LogP contribution is 2.37. The Bertz CT molecular complexity index is 1660. The molecular formula is C26H24ClF2N5O6. The molecule has 2 aromatic heterocycles. The molecule has 1 amide bonds. The molecule has 4 rings (SSSR count). The average molecular weight is 576 g/mol. The Kier molecular flexibility index (Phi) is 8.63. The standard InChI is InChI=1S/C26H24ClF2N5O6/c1-4-30-22(36)12-40-19-8-15(27)17(9-20(19)39-11-14-16(29)6-5-7-18(14)38-3)34-25-24(33-26(34)37)23(13(2)35)31-21(10-28)32-25/h5-9H,4,10-12H2,1-3H3,(H,30,36)(H,33,37). The lowest BCUT2D eigenvalue weighted by Crippen LogP contribution is -2.28. The molecule has 0 aliphatic heterocycles. The summed E-state index contributed by atoms with van der Waals surface area (Å²) in [4.78, 5) is 47.7. The number of H-pyrrole nitrogens is 1. The quantitative estimate of drug-likeness (QED) is 0.258. The zero-order valence-electron chi connectivity index (χ0n) is 21.6. The van der Waals surface area contributed by atoms with E-state index in [0.717, 1.165) is 4.57 Å². The number of aromatic amines is 1. The van der Waals surface area contributed by atoms with Crippen LogP contribution in [-0.2, 0) is 18.1 Å². The van der Waals surface area contributed by atoms with Crippen molar-refractivity contribution < 1.29 is 32.6 Å². The van der Waals surface area contributed by atoms with E-state index in [-0.39, 0.29) is 69.4 Å². The Balaban J connectivity index is 1.85. The molecular weight excluding hydrogens is 552 g/mol. The molecule has 0 aliphatic rings. The van der Waals surface area contributed by atoms with Crippen molar-refractivity contribution in [2.75, 3.05) is 20.3 Å². The van der Waals surface area contributed by atoms with E-state index in [1.807, 2.05) is 0 Å². The number of amides is 1. The van der Waals surface area contributed by atoms with Gasteiger partial charge in [-0.25, -0.2) is 28.1 Å². The number of hydrogen-bond donors (Lipinski definition) is 2. The molecule has 2 N–H and O–H groups in total. The number of carbonyl (C=O) groups excluding carboxylic acids is 2. The van der Waals surface area contributed by atoms with Crippen LogP contribution in [0.1, 0.15) is 35.7 Å². The smallest absolute Gasteiger partial charge is 0.332 e. The van der Waals surface area contributed by atoms with Gasteiger partial charge in [0.15, 0.2) is 35.4 Å². The Morgan fingerprint density at radius 3 is 2.58 bits per heavy atom. The average Bonchev–Trinajstić information content (AvgIpc) is 3.26. The molecule has 0 radical (unpaired) electrons. The van der Waals surface area contributed by atoms with Crippen LogP contribution in [0.5, 0.6) is 17.2 Å². The summed E-state index contributed by atoms with van der Waals surface area (Å²) < 4.78 is 45.8. The number of likely N-dealkylation sites (N-methyl/N-ethyl adjacent to an activating group) is 1. The summed E-state index contributed by atoms with van der Waals surface area (Å²) in [6.07, 6.45) is 0. The van der Waals surface area contributed by atoms with Gasteiger partial charge in [-0.3, -0.25) is 9.59 Å². The van der Waals surface area contributed by atoms with E-state index in [4.69, 9.17) is 25.8 Å². The van der Waals surface area contributed by atoms with Crippen molar-refractivity contribution in [3.05, 3.63) is 68.7 Å². The minimum absolute atomic E-state index is 0.0122. The fourth-order valence-electron chi connectivity index (χ4n) is 3.90. The summed E-state index contributed by atoms with van der Waals surface area (Å²) >= 11 is 6.53. The summed E-state index contributed by atoms with van der Waals surface area (Å²) in [7, 11) is 1.38. The van der Waals surface area contributed by atoms with Crippen molar-refractivity contribution in [2.24, 2.45) is 0 Å². The Labute approximate surface area is 231 Å². The number of Topliss-reactive ketones (excluding diaryl/α,β-unsaturated/α-hetero) is 1. The SMILES string of the molecule is CCNC(=O)COc1cc(Cl)c(-n2c(=O)[nH]c3c(C(C)=O)nc(CF)nc32)cc1OCc1c(F)cccc1OC. The van der Waals surface area contributed by atoms with Crippen LogP contribution in [0.25, 0.3) is 16.9 Å². The van der Waals surface area contributed by atoms with Crippen LogP contribution in [-0.4, -0.2) is 51.5 Å². The van der Waals surface area contributed by atoms with Gasteiger partial charge in [0.1, 0.15) is 36.1 Å². The number of alkyl halides is 1. The third-order valence-corrected chi connectivity index (χ3v) is 5.99. The third-order valence-electron chi connectivity index (χ3n) is 5.69. The Hall–Kier alpha value is -4.52. The molecule has 11 nitrogen and oxygen atoms in total. The van der Waals surface area contributed by atoms with Crippen LogP contribution in [0.4, 0.5) is 8.78 Å². The summed E-state index contributed by atoms with van der Waals surface area (Å²) in [6.45, 7) is 1.55. The van der Waals surface area contributed by atoms with Crippen LogP contribution in [0, 0.1) is 5.82 Å². The van der Waals surface area contributed by atoms with Crippen LogP contribution in [0.3, 0.4) is 0 Å². The predicted octanol–water partition coefficient (Wildman–Crippen LogP) is 3.68. The lowest BCUT2D eigenvalue weighted by atomic mass is 10.2. The first-order chi connectivity index (χ1) is 19.2. The second-order valence-electron chi connectivity index (χ2n) is 8.34. The normalized spacial score (nSPS) is 10.9. The monoisotopic (exact) mass is 575 g/mol. The van der Waals surface area contributed by atoms with Gasteiger partial charge in [0.25, 0.3) is 5.91 Å². The number of ether oxygens (including phenoxy) is 3. The van der Waals surface area contributed by atoms with E-state index in [0.29, 0.717) is 6.54 Å². The maximum Gasteiger partial charge on any atom is 0.332 e. The highest BCUT2D eigenvalue weighted by molar-refractivity contribution is 6.32. The minimum atomic E-state index is -1.09. The van der Waals surface area contributed by atoms with Crippen LogP contribution in [0.15, 0.2) is 35.1 Å². The van der Waals surface area contributed by atoms with E-state index < -0.39 is 29.9 Å². The molecule has 210 valence electrons. The number of fused-ring (bicyclic) bond motifs is 1. The molecule has 0 bridgehead atoms. The van der Waals surface area contributed by atoms with E-state index in [2.05, 4.69) is 20.3 Å². The van der Waals surface area contributed by atoms with Crippen molar-refractivity contribution in [3.63, 3.8) is 0 Å². The molecule has 4 aromatic rings. The molecule has 0 spiro atoms. The van der Waals surface area contributed by atoms with Gasteiger partial charge in [-0.05, 0) is 19.1 Å². The highest BCUT2D eigenvalue weighted by Gasteiger charge is 2.23. The lowest BCUT2D eigenvalue weighted by molar-refractivity contribution is -0.123. The zero-order valence-corrected chi connectivity index (χ0v) is 22.4. The number of rotatable bonds is 11. The summed E-state index contributed by atoms with van der Waals surface area (Å²) in [5.41, 5.74) is -0.904. The largest absolute Gasteiger partial charge is 0.496 e. The molecule has 0 unspecified atom stereocenters. The Morgan fingerprint density at radius 2 is 1.90 bits per heavy atom. The van der Waals surface area contributed by atoms with Crippen LogP contribution < -0.4 is 25.2 Å². The zero-order chi connectivity index (χ0) is 29.0. The summed E-state index contributed by atoms with van der Waals surface area (Å²) in [5, 5.41) is 2.56. The summed E-state index contributed by atoms with van der Waals surface area (Å²) in [5.74, 6) is -1.58. The molecule has 2 heterocycles. The van der Waals surface area contributed by atoms with Gasteiger partial charge in [0.2, 0.25) is 0 Å². The van der Waals surface area contributed by atoms with Crippen molar-refractivity contribution in [2.45, 2.75) is 27.1 Å². The van der Waals surface area contributed by atoms with E-state index in [1.54, 1.807) is 13.0 Å². The number of aromatic nitrogens is 4. The maximum atomic E-state index is 14.6. The number of ketones is 1. The van der Waals surface area contributed by atoms with Gasteiger partial charge >= 0.3 is 5.69 Å². The number of imidazole rings is 1. The van der Waals surface area contributed by atoms with E-state index in [9.17, 15) is 23.2 Å². The van der Waals surface area contributed by atoms with Gasteiger partial charge in [0.05, 0.1) is 23.4 Å². The molecule has 14 heteroatoms. The molecule has 0 fully saturated rings. The highest BCUT2D eigenvalue weighted by atomic mass is 35.5. The minimum Gasteiger partial charge on any atom is -0.496 e. The van der Waals surface area contributed by atoms with Gasteiger partial charge in [0, 0.05) is 25.6 Å².